The van der Waals surface area contributed by atoms with Crippen molar-refractivity contribution in [1.82, 2.24) is 5.32 Å². The predicted octanol–water partition coefficient (Wildman–Crippen LogP) is 3.72. The van der Waals surface area contributed by atoms with Gasteiger partial charge in [-0.15, -0.1) is 0 Å². The van der Waals surface area contributed by atoms with Gasteiger partial charge in [-0.1, -0.05) is 22.9 Å². The monoisotopic (exact) mass is 310 g/mol. The van der Waals surface area contributed by atoms with Crippen molar-refractivity contribution in [2.45, 2.75) is 45.7 Å². The Morgan fingerprint density at radius 3 is 2.83 bits per heavy atom. The zero-order chi connectivity index (χ0) is 13.3. The van der Waals surface area contributed by atoms with Gasteiger partial charge >= 0.3 is 0 Å². The van der Waals surface area contributed by atoms with Gasteiger partial charge in [0, 0.05) is 34.8 Å². The van der Waals surface area contributed by atoms with Gasteiger partial charge in [-0.25, -0.2) is 0 Å². The van der Waals surface area contributed by atoms with Crippen LogP contribution in [0.4, 0.5) is 5.69 Å². The van der Waals surface area contributed by atoms with Crippen molar-refractivity contribution in [3.8, 4) is 0 Å². The third-order valence-electron chi connectivity index (χ3n) is 4.12. The molecule has 1 saturated heterocycles. The van der Waals surface area contributed by atoms with Crippen LogP contribution in [0.25, 0.3) is 0 Å². The average molecular weight is 311 g/mol. The summed E-state index contributed by atoms with van der Waals surface area (Å²) >= 11 is 3.54. The molecule has 1 aromatic rings. The summed E-state index contributed by atoms with van der Waals surface area (Å²) in [6.07, 6.45) is 1.16. The third kappa shape index (κ3) is 2.72. The molecular formula is C15H23BrN2. The van der Waals surface area contributed by atoms with E-state index in [1.807, 2.05) is 0 Å². The smallest absolute Gasteiger partial charge is 0.0400 e. The number of benzene rings is 1. The highest BCUT2D eigenvalue weighted by molar-refractivity contribution is 9.10. The molecule has 18 heavy (non-hydrogen) atoms. The second-order valence-corrected chi connectivity index (χ2v) is 6.62. The van der Waals surface area contributed by atoms with E-state index in [-0.39, 0.29) is 5.54 Å². The lowest BCUT2D eigenvalue weighted by molar-refractivity contribution is 0.285. The number of piperazine rings is 1. The van der Waals surface area contributed by atoms with Crippen LogP contribution < -0.4 is 10.2 Å². The van der Waals surface area contributed by atoms with Crippen LogP contribution in [0, 0.1) is 6.92 Å². The molecule has 1 aliphatic heterocycles. The van der Waals surface area contributed by atoms with E-state index < -0.39 is 0 Å². The summed E-state index contributed by atoms with van der Waals surface area (Å²) in [7, 11) is 0. The van der Waals surface area contributed by atoms with Gasteiger partial charge < -0.3 is 10.2 Å². The number of nitrogens with one attached hydrogen (secondary N) is 1. The van der Waals surface area contributed by atoms with Crippen molar-refractivity contribution in [1.29, 1.82) is 0 Å². The Kier molecular flexibility index (Phi) is 4.02. The van der Waals surface area contributed by atoms with E-state index >= 15 is 0 Å². The van der Waals surface area contributed by atoms with Crippen LogP contribution in [0.2, 0.25) is 0 Å². The van der Waals surface area contributed by atoms with Crippen LogP contribution in [0.1, 0.15) is 32.8 Å². The number of hydrogen-bond donors (Lipinski definition) is 1. The lowest BCUT2D eigenvalue weighted by Crippen LogP contribution is -2.62. The summed E-state index contributed by atoms with van der Waals surface area (Å²) in [4.78, 5) is 2.54. The van der Waals surface area contributed by atoms with Crippen molar-refractivity contribution in [3.63, 3.8) is 0 Å². The van der Waals surface area contributed by atoms with E-state index in [2.05, 4.69) is 72.0 Å². The Hall–Kier alpha value is -0.540. The first-order chi connectivity index (χ1) is 8.45. The Balaban J connectivity index is 2.30. The van der Waals surface area contributed by atoms with Crippen LogP contribution >= 0.6 is 15.9 Å². The Morgan fingerprint density at radius 1 is 1.50 bits per heavy atom. The van der Waals surface area contributed by atoms with E-state index in [4.69, 9.17) is 0 Å². The molecule has 0 aliphatic carbocycles. The predicted molar refractivity (Wildman–Crippen MR) is 82.4 cm³/mol. The quantitative estimate of drug-likeness (QED) is 0.895. The molecule has 0 saturated carbocycles. The number of anilines is 1. The number of rotatable bonds is 2. The molecule has 1 fully saturated rings. The minimum absolute atomic E-state index is 0.228. The molecule has 0 aromatic heterocycles. The molecule has 2 nitrogen and oxygen atoms in total. The van der Waals surface area contributed by atoms with E-state index in [0.29, 0.717) is 6.04 Å². The van der Waals surface area contributed by atoms with E-state index in [1.165, 1.54) is 11.3 Å². The van der Waals surface area contributed by atoms with Crippen molar-refractivity contribution in [2.75, 3.05) is 18.0 Å². The fourth-order valence-electron chi connectivity index (χ4n) is 2.59. The van der Waals surface area contributed by atoms with Gasteiger partial charge in [-0.3, -0.25) is 0 Å². The second-order valence-electron chi connectivity index (χ2n) is 5.70. The molecule has 1 aromatic carbocycles. The molecule has 3 heteroatoms. The first kappa shape index (κ1) is 13.9. The molecule has 0 amide bonds. The highest BCUT2D eigenvalue weighted by Crippen LogP contribution is 2.29. The number of aryl methyl sites for hydroxylation is 1. The van der Waals surface area contributed by atoms with Crippen LogP contribution in [0.15, 0.2) is 22.7 Å². The summed E-state index contributed by atoms with van der Waals surface area (Å²) in [5.74, 6) is 0. The molecule has 1 N–H and O–H groups in total. The fourth-order valence-corrected chi connectivity index (χ4v) is 3.07. The fraction of sp³-hybridized carbons (Fsp3) is 0.600. The van der Waals surface area contributed by atoms with Crippen molar-refractivity contribution in [3.05, 3.63) is 28.2 Å². The Labute approximate surface area is 119 Å². The SMILES string of the molecule is CCC1(C)CN(c2ccc(Br)cc2C)C(C)CN1. The lowest BCUT2D eigenvalue weighted by atomic mass is 9.93. The molecule has 0 bridgehead atoms. The largest absolute Gasteiger partial charge is 0.365 e. The van der Waals surface area contributed by atoms with Crippen molar-refractivity contribution in [2.24, 2.45) is 0 Å². The highest BCUT2D eigenvalue weighted by atomic mass is 79.9. The minimum atomic E-state index is 0.228. The first-order valence-corrected chi connectivity index (χ1v) is 7.52. The topological polar surface area (TPSA) is 15.3 Å². The second kappa shape index (κ2) is 5.22. The molecule has 2 unspecified atom stereocenters. The molecule has 0 spiro atoms. The number of hydrogen-bond acceptors (Lipinski definition) is 2. The Morgan fingerprint density at radius 2 is 2.22 bits per heavy atom. The van der Waals surface area contributed by atoms with Crippen LogP contribution in [-0.2, 0) is 0 Å². The maximum atomic E-state index is 3.67. The van der Waals surface area contributed by atoms with E-state index in [9.17, 15) is 0 Å². The molecule has 2 atom stereocenters. The maximum Gasteiger partial charge on any atom is 0.0400 e. The molecule has 0 radical (unpaired) electrons. The zero-order valence-electron chi connectivity index (χ0n) is 11.8. The van der Waals surface area contributed by atoms with Crippen LogP contribution in [0.3, 0.4) is 0 Å². The Bertz CT molecular complexity index is 433. The van der Waals surface area contributed by atoms with Gasteiger partial charge in [-0.2, -0.15) is 0 Å². The van der Waals surface area contributed by atoms with Crippen LogP contribution in [0.5, 0.6) is 0 Å². The lowest BCUT2D eigenvalue weighted by Gasteiger charge is -2.46. The zero-order valence-corrected chi connectivity index (χ0v) is 13.3. The van der Waals surface area contributed by atoms with Crippen molar-refractivity contribution >= 4 is 21.6 Å². The van der Waals surface area contributed by atoms with Crippen molar-refractivity contribution < 1.29 is 0 Å². The summed E-state index contributed by atoms with van der Waals surface area (Å²) in [5, 5.41) is 3.67. The van der Waals surface area contributed by atoms with Crippen LogP contribution in [-0.4, -0.2) is 24.7 Å². The molecule has 2 rings (SSSR count). The maximum absolute atomic E-state index is 3.67. The first-order valence-electron chi connectivity index (χ1n) is 6.73. The minimum Gasteiger partial charge on any atom is -0.365 e. The van der Waals surface area contributed by atoms with E-state index in [1.54, 1.807) is 0 Å². The third-order valence-corrected chi connectivity index (χ3v) is 4.62. The van der Waals surface area contributed by atoms with Gasteiger partial charge in [0.2, 0.25) is 0 Å². The molecule has 1 aliphatic rings. The summed E-state index contributed by atoms with van der Waals surface area (Å²) in [6, 6.07) is 7.12. The number of nitrogens with zero attached hydrogens (tertiary/aromatic N) is 1. The van der Waals surface area contributed by atoms with Gasteiger partial charge in [0.1, 0.15) is 0 Å². The normalized spacial score (nSPS) is 28.5. The summed E-state index contributed by atoms with van der Waals surface area (Å²) in [5.41, 5.74) is 2.94. The highest BCUT2D eigenvalue weighted by Gasteiger charge is 2.33. The molecular weight excluding hydrogens is 288 g/mol. The van der Waals surface area contributed by atoms with Gasteiger partial charge in [-0.05, 0) is 51.0 Å². The average Bonchev–Trinajstić information content (AvgIpc) is 2.33. The number of halogens is 1. The van der Waals surface area contributed by atoms with Gasteiger partial charge in [0.05, 0.1) is 0 Å². The van der Waals surface area contributed by atoms with E-state index in [0.717, 1.165) is 24.0 Å². The summed E-state index contributed by atoms with van der Waals surface area (Å²) < 4.78 is 1.16. The summed E-state index contributed by atoms with van der Waals surface area (Å²) in [6.45, 7) is 11.2. The molecule has 1 heterocycles. The standard InChI is InChI=1S/C15H23BrN2/c1-5-15(4)10-18(12(3)9-17-15)14-7-6-13(16)8-11(14)2/h6-8,12,17H,5,9-10H2,1-4H3. The molecule has 100 valence electrons. The van der Waals surface area contributed by atoms with Gasteiger partial charge in [0.25, 0.3) is 0 Å². The van der Waals surface area contributed by atoms with Gasteiger partial charge in [0.15, 0.2) is 0 Å².